The number of Topliss-reactive ketones (excluding diaryl/α,β-unsaturated/α-hetero) is 1. The molecule has 3 aromatic rings. The zero-order valence-electron chi connectivity index (χ0n) is 17.2. The van der Waals surface area contributed by atoms with E-state index in [0.29, 0.717) is 23.5 Å². The Labute approximate surface area is 179 Å². The zero-order chi connectivity index (χ0) is 21.7. The standard InChI is InChI=1S/C23H24N2O4S/c1-15-11-20(16(2)25(15)13-18-7-5-4-6-8-18)23(28)29-14-21(27)22-10-9-19(30-22)12-24-17(3)26/h4-11H,12-14H2,1-3H3,(H,24,26). The summed E-state index contributed by atoms with van der Waals surface area (Å²) in [4.78, 5) is 37.3. The number of esters is 1. The Balaban J connectivity index is 1.62. The Morgan fingerprint density at radius 3 is 2.50 bits per heavy atom. The van der Waals surface area contributed by atoms with E-state index in [1.165, 1.54) is 18.3 Å². The van der Waals surface area contributed by atoms with Crippen LogP contribution in [-0.2, 0) is 22.6 Å². The predicted octanol–water partition coefficient (Wildman–Crippen LogP) is 3.89. The number of aryl methyl sites for hydroxylation is 1. The fourth-order valence-corrected chi connectivity index (χ4v) is 4.00. The normalized spacial score (nSPS) is 10.6. The van der Waals surface area contributed by atoms with E-state index in [-0.39, 0.29) is 18.3 Å². The van der Waals surface area contributed by atoms with E-state index >= 15 is 0 Å². The van der Waals surface area contributed by atoms with E-state index in [2.05, 4.69) is 9.88 Å². The van der Waals surface area contributed by atoms with Crippen LogP contribution in [-0.4, -0.2) is 28.8 Å². The average Bonchev–Trinajstić information content (AvgIpc) is 3.31. The number of hydrogen-bond acceptors (Lipinski definition) is 5. The van der Waals surface area contributed by atoms with Gasteiger partial charge in [-0.05, 0) is 37.6 Å². The van der Waals surface area contributed by atoms with Crippen molar-refractivity contribution in [2.24, 2.45) is 0 Å². The van der Waals surface area contributed by atoms with Gasteiger partial charge in [-0.3, -0.25) is 9.59 Å². The number of ketones is 1. The summed E-state index contributed by atoms with van der Waals surface area (Å²) >= 11 is 1.28. The van der Waals surface area contributed by atoms with Crippen LogP contribution < -0.4 is 5.32 Å². The van der Waals surface area contributed by atoms with Gasteiger partial charge in [0.25, 0.3) is 0 Å². The van der Waals surface area contributed by atoms with Crippen molar-refractivity contribution in [1.82, 2.24) is 9.88 Å². The molecule has 1 N–H and O–H groups in total. The molecule has 0 fully saturated rings. The molecule has 3 rings (SSSR count). The van der Waals surface area contributed by atoms with Gasteiger partial charge in [-0.2, -0.15) is 0 Å². The molecule has 1 aromatic carbocycles. The van der Waals surface area contributed by atoms with E-state index in [4.69, 9.17) is 4.74 Å². The first-order valence-corrected chi connectivity index (χ1v) is 10.4. The maximum absolute atomic E-state index is 12.6. The Morgan fingerprint density at radius 1 is 1.07 bits per heavy atom. The summed E-state index contributed by atoms with van der Waals surface area (Å²) < 4.78 is 7.34. The van der Waals surface area contributed by atoms with Crippen molar-refractivity contribution in [1.29, 1.82) is 0 Å². The summed E-state index contributed by atoms with van der Waals surface area (Å²) in [5, 5.41) is 2.69. The van der Waals surface area contributed by atoms with Gasteiger partial charge < -0.3 is 14.6 Å². The van der Waals surface area contributed by atoms with Gasteiger partial charge in [-0.1, -0.05) is 30.3 Å². The minimum Gasteiger partial charge on any atom is -0.454 e. The Kier molecular flexibility index (Phi) is 6.84. The van der Waals surface area contributed by atoms with Crippen molar-refractivity contribution in [3.63, 3.8) is 0 Å². The predicted molar refractivity (Wildman–Crippen MR) is 116 cm³/mol. The minimum atomic E-state index is -0.509. The van der Waals surface area contributed by atoms with Crippen LogP contribution in [0.2, 0.25) is 0 Å². The molecule has 0 saturated carbocycles. The van der Waals surface area contributed by atoms with Crippen molar-refractivity contribution in [2.75, 3.05) is 6.61 Å². The van der Waals surface area contributed by atoms with Gasteiger partial charge in [0.05, 0.1) is 17.0 Å². The molecular formula is C23H24N2O4S. The van der Waals surface area contributed by atoms with Crippen LogP contribution >= 0.6 is 11.3 Å². The number of aromatic nitrogens is 1. The second-order valence-electron chi connectivity index (χ2n) is 7.03. The molecule has 1 amide bonds. The average molecular weight is 425 g/mol. The number of benzene rings is 1. The van der Waals surface area contributed by atoms with E-state index in [1.807, 2.05) is 44.2 Å². The minimum absolute atomic E-state index is 0.130. The van der Waals surface area contributed by atoms with Gasteiger partial charge in [0.1, 0.15) is 0 Å². The number of nitrogens with zero attached hydrogens (tertiary/aromatic N) is 1. The quantitative estimate of drug-likeness (QED) is 0.440. The van der Waals surface area contributed by atoms with Crippen LogP contribution in [0.3, 0.4) is 0 Å². The summed E-state index contributed by atoms with van der Waals surface area (Å²) in [6, 6.07) is 15.3. The van der Waals surface area contributed by atoms with E-state index < -0.39 is 5.97 Å². The second-order valence-corrected chi connectivity index (χ2v) is 8.20. The van der Waals surface area contributed by atoms with Crippen molar-refractivity contribution < 1.29 is 19.1 Å². The Bertz CT molecular complexity index is 1070. The van der Waals surface area contributed by atoms with Crippen LogP contribution in [0.4, 0.5) is 0 Å². The summed E-state index contributed by atoms with van der Waals surface area (Å²) in [6.45, 7) is 5.98. The fraction of sp³-hybridized carbons (Fsp3) is 0.261. The number of rotatable bonds is 8. The maximum atomic E-state index is 12.6. The first-order valence-electron chi connectivity index (χ1n) is 9.59. The highest BCUT2D eigenvalue weighted by Crippen LogP contribution is 2.20. The number of carbonyl (C=O) groups excluding carboxylic acids is 3. The monoisotopic (exact) mass is 424 g/mol. The molecule has 0 saturated heterocycles. The Morgan fingerprint density at radius 2 is 1.80 bits per heavy atom. The molecule has 0 aliphatic heterocycles. The molecule has 7 heteroatoms. The third-order valence-electron chi connectivity index (χ3n) is 4.76. The number of carbonyl (C=O) groups is 3. The van der Waals surface area contributed by atoms with Gasteiger partial charge in [-0.25, -0.2) is 4.79 Å². The molecule has 0 bridgehead atoms. The smallest absolute Gasteiger partial charge is 0.340 e. The molecule has 0 aliphatic carbocycles. The van der Waals surface area contributed by atoms with Gasteiger partial charge >= 0.3 is 5.97 Å². The lowest BCUT2D eigenvalue weighted by Gasteiger charge is -2.10. The summed E-state index contributed by atoms with van der Waals surface area (Å²) in [5.74, 6) is -0.902. The van der Waals surface area contributed by atoms with E-state index in [9.17, 15) is 14.4 Å². The number of amides is 1. The molecular weight excluding hydrogens is 400 g/mol. The fourth-order valence-electron chi connectivity index (χ4n) is 3.13. The summed E-state index contributed by atoms with van der Waals surface area (Å²) in [6.07, 6.45) is 0. The molecule has 0 radical (unpaired) electrons. The highest BCUT2D eigenvalue weighted by Gasteiger charge is 2.19. The lowest BCUT2D eigenvalue weighted by atomic mass is 10.2. The highest BCUT2D eigenvalue weighted by molar-refractivity contribution is 7.14. The Hall–Kier alpha value is -3.19. The number of nitrogens with one attached hydrogen (secondary N) is 1. The van der Waals surface area contributed by atoms with Crippen LogP contribution in [0.25, 0.3) is 0 Å². The lowest BCUT2D eigenvalue weighted by Crippen LogP contribution is -2.18. The molecule has 2 aromatic heterocycles. The van der Waals surface area contributed by atoms with Crippen molar-refractivity contribution >= 4 is 29.0 Å². The molecule has 0 aliphatic rings. The maximum Gasteiger partial charge on any atom is 0.340 e. The zero-order valence-corrected chi connectivity index (χ0v) is 18.0. The van der Waals surface area contributed by atoms with Gasteiger partial charge in [-0.15, -0.1) is 11.3 Å². The molecule has 30 heavy (non-hydrogen) atoms. The van der Waals surface area contributed by atoms with Crippen LogP contribution in [0, 0.1) is 13.8 Å². The van der Waals surface area contributed by atoms with Crippen LogP contribution in [0.15, 0.2) is 48.5 Å². The van der Waals surface area contributed by atoms with Gasteiger partial charge in [0.15, 0.2) is 6.61 Å². The van der Waals surface area contributed by atoms with Gasteiger partial charge in [0.2, 0.25) is 11.7 Å². The first kappa shape index (κ1) is 21.5. The SMILES string of the molecule is CC(=O)NCc1ccc(C(=O)COC(=O)c2cc(C)n(Cc3ccccc3)c2C)s1. The van der Waals surface area contributed by atoms with Gasteiger partial charge in [0, 0.05) is 29.7 Å². The van der Waals surface area contributed by atoms with Crippen molar-refractivity contribution in [3.8, 4) is 0 Å². The van der Waals surface area contributed by atoms with Crippen molar-refractivity contribution in [2.45, 2.75) is 33.9 Å². The van der Waals surface area contributed by atoms with E-state index in [0.717, 1.165) is 21.8 Å². The topological polar surface area (TPSA) is 77.4 Å². The van der Waals surface area contributed by atoms with Crippen LogP contribution in [0.1, 0.15) is 48.8 Å². The number of ether oxygens (including phenoxy) is 1. The largest absolute Gasteiger partial charge is 0.454 e. The molecule has 0 spiro atoms. The molecule has 6 nitrogen and oxygen atoms in total. The molecule has 0 unspecified atom stereocenters. The third kappa shape index (κ3) is 5.24. The molecule has 0 atom stereocenters. The molecule has 2 heterocycles. The number of thiophene rings is 1. The van der Waals surface area contributed by atoms with Crippen LogP contribution in [0.5, 0.6) is 0 Å². The summed E-state index contributed by atoms with van der Waals surface area (Å²) in [5.41, 5.74) is 3.37. The summed E-state index contributed by atoms with van der Waals surface area (Å²) in [7, 11) is 0. The van der Waals surface area contributed by atoms with E-state index in [1.54, 1.807) is 18.2 Å². The second kappa shape index (κ2) is 9.54. The first-order chi connectivity index (χ1) is 14.3. The molecule has 156 valence electrons. The number of hydrogen-bond donors (Lipinski definition) is 1. The van der Waals surface area contributed by atoms with Crippen molar-refractivity contribution in [3.05, 3.63) is 80.8 Å². The highest BCUT2D eigenvalue weighted by atomic mass is 32.1. The third-order valence-corrected chi connectivity index (χ3v) is 5.89. The lowest BCUT2D eigenvalue weighted by molar-refractivity contribution is -0.119.